The lowest BCUT2D eigenvalue weighted by atomic mass is 10.0. The Morgan fingerprint density at radius 3 is 2.57 bits per heavy atom. The van der Waals surface area contributed by atoms with Crippen LogP contribution in [-0.2, 0) is 9.59 Å². The van der Waals surface area contributed by atoms with E-state index in [1.54, 1.807) is 23.1 Å². The first-order valence-corrected chi connectivity index (χ1v) is 7.59. The second kappa shape index (κ2) is 7.26. The maximum Gasteiger partial charge on any atom is 0.308 e. The van der Waals surface area contributed by atoms with E-state index < -0.39 is 5.97 Å². The quantitative estimate of drug-likeness (QED) is 0.472. The molecule has 0 aliphatic carbocycles. The molecule has 0 saturated carbocycles. The van der Waals surface area contributed by atoms with Crippen molar-refractivity contribution in [2.75, 3.05) is 13.7 Å². The fourth-order valence-electron chi connectivity index (χ4n) is 2.87. The molecule has 0 N–H and O–H groups in total. The predicted octanol–water partition coefficient (Wildman–Crippen LogP) is 2.20. The molecule has 124 valence electrons. The van der Waals surface area contributed by atoms with Gasteiger partial charge in [-0.15, -0.1) is 0 Å². The summed E-state index contributed by atoms with van der Waals surface area (Å²) in [6.07, 6.45) is 2.05. The number of carbonyl (C=O) groups excluding carboxylic acids is 3. The molecule has 1 fully saturated rings. The summed E-state index contributed by atoms with van der Waals surface area (Å²) >= 11 is 0. The van der Waals surface area contributed by atoms with Crippen LogP contribution >= 0.6 is 0 Å². The number of ketones is 1. The predicted molar refractivity (Wildman–Crippen MR) is 83.7 cm³/mol. The molecule has 0 radical (unpaired) electrons. The Hall–Kier alpha value is -2.37. The van der Waals surface area contributed by atoms with Crippen LogP contribution in [0.4, 0.5) is 0 Å². The number of rotatable bonds is 5. The zero-order valence-electron chi connectivity index (χ0n) is 13.6. The van der Waals surface area contributed by atoms with Crippen molar-refractivity contribution in [3.8, 4) is 11.5 Å². The summed E-state index contributed by atoms with van der Waals surface area (Å²) in [6, 6.07) is 4.67. The van der Waals surface area contributed by atoms with Crippen LogP contribution in [0.5, 0.6) is 11.5 Å². The molecule has 1 saturated heterocycles. The third-order valence-corrected chi connectivity index (χ3v) is 3.94. The molecule has 6 nitrogen and oxygen atoms in total. The third-order valence-electron chi connectivity index (χ3n) is 3.94. The Morgan fingerprint density at radius 1 is 1.22 bits per heavy atom. The van der Waals surface area contributed by atoms with Gasteiger partial charge in [0.15, 0.2) is 17.3 Å². The fraction of sp³-hybridized carbons (Fsp3) is 0.471. The van der Waals surface area contributed by atoms with Crippen molar-refractivity contribution < 1.29 is 23.9 Å². The van der Waals surface area contributed by atoms with Gasteiger partial charge < -0.3 is 14.4 Å². The second-order valence-electron chi connectivity index (χ2n) is 5.60. The standard InChI is InChI=1S/C17H21NO5/c1-11(19)18-8-4-5-14(18)10-15(21)13-6-7-16(23-12(2)20)17(9-13)22-3/h6-7,9,14H,4-5,8,10H2,1-3H3/t14-/m1/s1. The normalized spacial score (nSPS) is 17.0. The fourth-order valence-corrected chi connectivity index (χ4v) is 2.87. The lowest BCUT2D eigenvalue weighted by molar-refractivity contribution is -0.132. The van der Waals surface area contributed by atoms with Gasteiger partial charge in [0, 0.05) is 38.4 Å². The maximum absolute atomic E-state index is 12.5. The van der Waals surface area contributed by atoms with Gasteiger partial charge in [-0.3, -0.25) is 14.4 Å². The summed E-state index contributed by atoms with van der Waals surface area (Å²) in [6.45, 7) is 3.54. The summed E-state index contributed by atoms with van der Waals surface area (Å²) in [4.78, 5) is 36.8. The molecule has 0 unspecified atom stereocenters. The topological polar surface area (TPSA) is 72.9 Å². The first-order valence-electron chi connectivity index (χ1n) is 7.59. The van der Waals surface area contributed by atoms with E-state index in [2.05, 4.69) is 0 Å². The first kappa shape index (κ1) is 17.0. The van der Waals surface area contributed by atoms with Gasteiger partial charge in [-0.2, -0.15) is 0 Å². The van der Waals surface area contributed by atoms with E-state index in [0.717, 1.165) is 12.8 Å². The zero-order valence-corrected chi connectivity index (χ0v) is 13.6. The lowest BCUT2D eigenvalue weighted by Gasteiger charge is -2.22. The van der Waals surface area contributed by atoms with Crippen molar-refractivity contribution in [2.24, 2.45) is 0 Å². The van der Waals surface area contributed by atoms with Gasteiger partial charge in [-0.05, 0) is 31.0 Å². The van der Waals surface area contributed by atoms with E-state index in [1.165, 1.54) is 21.0 Å². The maximum atomic E-state index is 12.5. The van der Waals surface area contributed by atoms with Crippen LogP contribution in [0, 0.1) is 0 Å². The minimum atomic E-state index is -0.453. The number of hydrogen-bond acceptors (Lipinski definition) is 5. The molecule has 0 spiro atoms. The molecule has 1 atom stereocenters. The minimum absolute atomic E-state index is 0.00286. The SMILES string of the molecule is COc1cc(C(=O)C[C@H]2CCCN2C(C)=O)ccc1OC(C)=O. The Bertz CT molecular complexity index is 625. The molecule has 1 amide bonds. The zero-order chi connectivity index (χ0) is 17.0. The van der Waals surface area contributed by atoms with E-state index in [1.807, 2.05) is 0 Å². The number of esters is 1. The van der Waals surface area contributed by atoms with Gasteiger partial charge >= 0.3 is 5.97 Å². The van der Waals surface area contributed by atoms with Crippen molar-refractivity contribution >= 4 is 17.7 Å². The van der Waals surface area contributed by atoms with Gasteiger partial charge in [0.25, 0.3) is 0 Å². The summed E-state index contributed by atoms with van der Waals surface area (Å²) in [5.74, 6) is 0.105. The Morgan fingerprint density at radius 2 is 1.96 bits per heavy atom. The minimum Gasteiger partial charge on any atom is -0.493 e. The van der Waals surface area contributed by atoms with Crippen LogP contribution in [0.3, 0.4) is 0 Å². The van der Waals surface area contributed by atoms with Gasteiger partial charge in [0.2, 0.25) is 5.91 Å². The summed E-state index contributed by atoms with van der Waals surface area (Å²) < 4.78 is 10.2. The van der Waals surface area contributed by atoms with E-state index in [0.29, 0.717) is 17.9 Å². The van der Waals surface area contributed by atoms with Crippen LogP contribution in [0.25, 0.3) is 0 Å². The van der Waals surface area contributed by atoms with E-state index in [-0.39, 0.29) is 29.9 Å². The number of nitrogens with zero attached hydrogens (tertiary/aromatic N) is 1. The average molecular weight is 319 g/mol. The Labute approximate surface area is 135 Å². The monoisotopic (exact) mass is 319 g/mol. The average Bonchev–Trinajstić information content (AvgIpc) is 2.95. The molecule has 1 aliphatic rings. The molecule has 1 heterocycles. The second-order valence-corrected chi connectivity index (χ2v) is 5.60. The first-order chi connectivity index (χ1) is 10.9. The molecule has 1 aliphatic heterocycles. The molecule has 23 heavy (non-hydrogen) atoms. The third kappa shape index (κ3) is 4.09. The highest BCUT2D eigenvalue weighted by Crippen LogP contribution is 2.29. The number of hydrogen-bond donors (Lipinski definition) is 0. The van der Waals surface area contributed by atoms with Crippen molar-refractivity contribution in [2.45, 2.75) is 39.2 Å². The molecule has 1 aromatic rings. The highest BCUT2D eigenvalue weighted by molar-refractivity contribution is 5.97. The number of methoxy groups -OCH3 is 1. The number of ether oxygens (including phenoxy) is 2. The van der Waals surface area contributed by atoms with Crippen molar-refractivity contribution in [3.05, 3.63) is 23.8 Å². The smallest absolute Gasteiger partial charge is 0.308 e. The number of amides is 1. The van der Waals surface area contributed by atoms with Gasteiger partial charge in [-0.25, -0.2) is 0 Å². The largest absolute Gasteiger partial charge is 0.493 e. The Kier molecular flexibility index (Phi) is 5.36. The molecular weight excluding hydrogens is 298 g/mol. The van der Waals surface area contributed by atoms with Crippen molar-refractivity contribution in [3.63, 3.8) is 0 Å². The number of likely N-dealkylation sites (tertiary alicyclic amines) is 1. The number of benzene rings is 1. The van der Waals surface area contributed by atoms with Gasteiger partial charge in [-0.1, -0.05) is 0 Å². The highest BCUT2D eigenvalue weighted by atomic mass is 16.6. The molecule has 0 bridgehead atoms. The van der Waals surface area contributed by atoms with E-state index in [4.69, 9.17) is 9.47 Å². The van der Waals surface area contributed by atoms with Crippen molar-refractivity contribution in [1.29, 1.82) is 0 Å². The van der Waals surface area contributed by atoms with Crippen LogP contribution < -0.4 is 9.47 Å². The Balaban J connectivity index is 2.13. The summed E-state index contributed by atoms with van der Waals surface area (Å²) in [5.41, 5.74) is 0.480. The molecule has 1 aromatic carbocycles. The summed E-state index contributed by atoms with van der Waals surface area (Å²) in [5, 5.41) is 0. The van der Waals surface area contributed by atoms with Crippen LogP contribution in [0.15, 0.2) is 18.2 Å². The van der Waals surface area contributed by atoms with Gasteiger partial charge in [0.05, 0.1) is 7.11 Å². The number of carbonyl (C=O) groups is 3. The van der Waals surface area contributed by atoms with Crippen LogP contribution in [0.2, 0.25) is 0 Å². The lowest BCUT2D eigenvalue weighted by Crippen LogP contribution is -2.35. The molecule has 6 heteroatoms. The van der Waals surface area contributed by atoms with E-state index in [9.17, 15) is 14.4 Å². The van der Waals surface area contributed by atoms with Crippen LogP contribution in [-0.4, -0.2) is 42.3 Å². The van der Waals surface area contributed by atoms with Gasteiger partial charge in [0.1, 0.15) is 0 Å². The summed E-state index contributed by atoms with van der Waals surface area (Å²) in [7, 11) is 1.45. The number of Topliss-reactive ketones (excluding diaryl/α,β-unsaturated/α-hetero) is 1. The van der Waals surface area contributed by atoms with Crippen molar-refractivity contribution in [1.82, 2.24) is 4.90 Å². The molecule has 2 rings (SSSR count). The molecular formula is C17H21NO5. The molecule has 0 aromatic heterocycles. The van der Waals surface area contributed by atoms with Crippen LogP contribution in [0.1, 0.15) is 43.5 Å². The van der Waals surface area contributed by atoms with E-state index >= 15 is 0 Å². The highest BCUT2D eigenvalue weighted by Gasteiger charge is 2.28.